The smallest absolute Gasteiger partial charge is 0.243 e. The molecule has 2 aromatic rings. The summed E-state index contributed by atoms with van der Waals surface area (Å²) in [7, 11) is 0. The molecule has 0 atom stereocenters. The molecule has 2 heterocycles. The monoisotopic (exact) mass is 356 g/mol. The third-order valence-electron chi connectivity index (χ3n) is 3.76. The number of halogens is 1. The van der Waals surface area contributed by atoms with Gasteiger partial charge < -0.3 is 5.32 Å². The maximum atomic E-state index is 12.2. The maximum Gasteiger partial charge on any atom is 0.243 e. The zero-order valence-electron chi connectivity index (χ0n) is 13.5. The van der Waals surface area contributed by atoms with E-state index in [4.69, 9.17) is 11.6 Å². The summed E-state index contributed by atoms with van der Waals surface area (Å²) in [6.45, 7) is 0.545. The molecular formula is C18H17ClN4O2. The number of aromatic nitrogens is 1. The first kappa shape index (κ1) is 17.1. The first-order valence-corrected chi connectivity index (χ1v) is 8.34. The van der Waals surface area contributed by atoms with Crippen LogP contribution in [0.4, 0.5) is 5.82 Å². The molecule has 1 aromatic heterocycles. The maximum absolute atomic E-state index is 12.2. The SMILES string of the molecule is O=C(CCC(=O)N1CCC(c2ccccc2)=N1)Nc1ccc(Cl)cn1. The van der Waals surface area contributed by atoms with Crippen LogP contribution < -0.4 is 5.32 Å². The third kappa shape index (κ3) is 4.64. The Hall–Kier alpha value is -2.73. The van der Waals surface area contributed by atoms with E-state index in [0.717, 1.165) is 17.7 Å². The molecule has 0 bridgehead atoms. The van der Waals surface area contributed by atoms with Crippen molar-refractivity contribution in [1.82, 2.24) is 9.99 Å². The summed E-state index contributed by atoms with van der Waals surface area (Å²) < 4.78 is 0. The molecule has 3 rings (SSSR count). The number of anilines is 1. The van der Waals surface area contributed by atoms with Gasteiger partial charge in [0.05, 0.1) is 17.3 Å². The molecule has 6 nitrogen and oxygen atoms in total. The number of benzene rings is 1. The average Bonchev–Trinajstić information content (AvgIpc) is 3.13. The van der Waals surface area contributed by atoms with Crippen LogP contribution >= 0.6 is 11.6 Å². The molecule has 128 valence electrons. The number of hydrogen-bond donors (Lipinski definition) is 1. The minimum atomic E-state index is -0.269. The largest absolute Gasteiger partial charge is 0.311 e. The fourth-order valence-electron chi connectivity index (χ4n) is 2.48. The molecule has 1 aromatic carbocycles. The van der Waals surface area contributed by atoms with Crippen LogP contribution in [-0.4, -0.2) is 34.1 Å². The third-order valence-corrected chi connectivity index (χ3v) is 3.98. The molecule has 25 heavy (non-hydrogen) atoms. The van der Waals surface area contributed by atoms with Gasteiger partial charge in [-0.3, -0.25) is 9.59 Å². The number of hydrazone groups is 1. The van der Waals surface area contributed by atoms with Gasteiger partial charge in [-0.1, -0.05) is 41.9 Å². The predicted molar refractivity (Wildman–Crippen MR) is 96.4 cm³/mol. The second-order valence-electron chi connectivity index (χ2n) is 5.59. The van der Waals surface area contributed by atoms with Crippen LogP contribution in [-0.2, 0) is 9.59 Å². The van der Waals surface area contributed by atoms with Crippen molar-refractivity contribution in [3.05, 3.63) is 59.2 Å². The van der Waals surface area contributed by atoms with Crippen molar-refractivity contribution in [3.8, 4) is 0 Å². The van der Waals surface area contributed by atoms with E-state index in [1.165, 1.54) is 11.2 Å². The molecule has 1 aliphatic rings. The lowest BCUT2D eigenvalue weighted by Gasteiger charge is -2.11. The predicted octanol–water partition coefficient (Wildman–Crippen LogP) is 3.09. The number of carbonyl (C=O) groups is 2. The van der Waals surface area contributed by atoms with Crippen molar-refractivity contribution in [2.24, 2.45) is 5.10 Å². The molecular weight excluding hydrogens is 340 g/mol. The van der Waals surface area contributed by atoms with Gasteiger partial charge in [-0.25, -0.2) is 9.99 Å². The van der Waals surface area contributed by atoms with Crippen molar-refractivity contribution < 1.29 is 9.59 Å². The number of nitrogens with one attached hydrogen (secondary N) is 1. The van der Waals surface area contributed by atoms with E-state index in [1.54, 1.807) is 12.1 Å². The highest BCUT2D eigenvalue weighted by Gasteiger charge is 2.21. The highest BCUT2D eigenvalue weighted by molar-refractivity contribution is 6.30. The van der Waals surface area contributed by atoms with Crippen LogP contribution in [0.3, 0.4) is 0 Å². The molecule has 0 saturated heterocycles. The molecule has 1 aliphatic heterocycles. The Morgan fingerprint density at radius 3 is 2.64 bits per heavy atom. The molecule has 0 aliphatic carbocycles. The number of amides is 2. The van der Waals surface area contributed by atoms with E-state index >= 15 is 0 Å². The van der Waals surface area contributed by atoms with Crippen LogP contribution in [0.5, 0.6) is 0 Å². The van der Waals surface area contributed by atoms with Crippen LogP contribution in [0.15, 0.2) is 53.8 Å². The van der Waals surface area contributed by atoms with Crippen molar-refractivity contribution in [1.29, 1.82) is 0 Å². The van der Waals surface area contributed by atoms with Crippen LogP contribution in [0.25, 0.3) is 0 Å². The fourth-order valence-corrected chi connectivity index (χ4v) is 2.59. The van der Waals surface area contributed by atoms with E-state index in [2.05, 4.69) is 15.4 Å². The molecule has 1 N–H and O–H groups in total. The molecule has 0 radical (unpaired) electrons. The molecule has 2 amide bonds. The van der Waals surface area contributed by atoms with Gasteiger partial charge in [-0.15, -0.1) is 0 Å². The Morgan fingerprint density at radius 1 is 1.12 bits per heavy atom. The van der Waals surface area contributed by atoms with E-state index in [9.17, 15) is 9.59 Å². The first-order valence-electron chi connectivity index (χ1n) is 7.96. The Morgan fingerprint density at radius 2 is 1.92 bits per heavy atom. The quantitative estimate of drug-likeness (QED) is 0.894. The van der Waals surface area contributed by atoms with Gasteiger partial charge in [-0.2, -0.15) is 5.10 Å². The number of rotatable bonds is 5. The van der Waals surface area contributed by atoms with E-state index in [0.29, 0.717) is 17.4 Å². The summed E-state index contributed by atoms with van der Waals surface area (Å²) in [4.78, 5) is 28.1. The first-order chi connectivity index (χ1) is 12.1. The number of carbonyl (C=O) groups excluding carboxylic acids is 2. The summed E-state index contributed by atoms with van der Waals surface area (Å²) in [5.41, 5.74) is 1.91. The average molecular weight is 357 g/mol. The Balaban J connectivity index is 1.50. The van der Waals surface area contributed by atoms with Gasteiger partial charge in [0.25, 0.3) is 0 Å². The molecule has 0 unspecified atom stereocenters. The molecule has 0 spiro atoms. The van der Waals surface area contributed by atoms with Crippen molar-refractivity contribution >= 4 is 34.9 Å². The van der Waals surface area contributed by atoms with E-state index < -0.39 is 0 Å². The lowest BCUT2D eigenvalue weighted by molar-refractivity contribution is -0.132. The van der Waals surface area contributed by atoms with Gasteiger partial charge >= 0.3 is 0 Å². The highest BCUT2D eigenvalue weighted by Crippen LogP contribution is 2.15. The minimum absolute atomic E-state index is 0.0792. The molecule has 0 saturated carbocycles. The number of nitrogens with zero attached hydrogens (tertiary/aromatic N) is 3. The van der Waals surface area contributed by atoms with Crippen molar-refractivity contribution in [3.63, 3.8) is 0 Å². The van der Waals surface area contributed by atoms with Crippen molar-refractivity contribution in [2.45, 2.75) is 19.3 Å². The second kappa shape index (κ2) is 7.90. The topological polar surface area (TPSA) is 74.7 Å². The van der Waals surface area contributed by atoms with Crippen LogP contribution in [0, 0.1) is 0 Å². The lowest BCUT2D eigenvalue weighted by Crippen LogP contribution is -2.25. The lowest BCUT2D eigenvalue weighted by atomic mass is 10.1. The van der Waals surface area contributed by atoms with Gasteiger partial charge in [0, 0.05) is 25.5 Å². The summed E-state index contributed by atoms with van der Waals surface area (Å²) in [5.74, 6) is -0.0211. The Kier molecular flexibility index (Phi) is 5.40. The fraction of sp³-hybridized carbons (Fsp3) is 0.222. The van der Waals surface area contributed by atoms with Gasteiger partial charge in [0.15, 0.2) is 0 Å². The standard InChI is InChI=1S/C18H17ClN4O2/c19-14-6-7-16(20-12-14)21-17(24)8-9-18(25)23-11-10-15(22-23)13-4-2-1-3-5-13/h1-7,12H,8-11H2,(H,20,21,24). The van der Waals surface area contributed by atoms with Gasteiger partial charge in [0.1, 0.15) is 5.82 Å². The van der Waals surface area contributed by atoms with Crippen LogP contribution in [0.1, 0.15) is 24.8 Å². The highest BCUT2D eigenvalue weighted by atomic mass is 35.5. The zero-order valence-corrected chi connectivity index (χ0v) is 14.2. The Labute approximate surface area is 150 Å². The molecule has 0 fully saturated rings. The normalized spacial score (nSPS) is 13.5. The summed E-state index contributed by atoms with van der Waals surface area (Å²) >= 11 is 5.74. The number of pyridine rings is 1. The van der Waals surface area contributed by atoms with Gasteiger partial charge in [-0.05, 0) is 17.7 Å². The summed E-state index contributed by atoms with van der Waals surface area (Å²) in [6, 6.07) is 13.0. The van der Waals surface area contributed by atoms with E-state index in [-0.39, 0.29) is 24.7 Å². The summed E-state index contributed by atoms with van der Waals surface area (Å²) in [6.07, 6.45) is 2.35. The number of hydrogen-bond acceptors (Lipinski definition) is 4. The minimum Gasteiger partial charge on any atom is -0.311 e. The second-order valence-corrected chi connectivity index (χ2v) is 6.03. The summed E-state index contributed by atoms with van der Waals surface area (Å²) in [5, 5.41) is 8.94. The zero-order chi connectivity index (χ0) is 17.6. The van der Waals surface area contributed by atoms with E-state index in [1.807, 2.05) is 30.3 Å². The molecule has 7 heteroatoms. The van der Waals surface area contributed by atoms with Crippen molar-refractivity contribution in [2.75, 3.05) is 11.9 Å². The Bertz CT molecular complexity index is 790. The van der Waals surface area contributed by atoms with Gasteiger partial charge in [0.2, 0.25) is 11.8 Å². The van der Waals surface area contributed by atoms with Crippen LogP contribution in [0.2, 0.25) is 5.02 Å².